The van der Waals surface area contributed by atoms with E-state index in [9.17, 15) is 9.59 Å². The average Bonchev–Trinajstić information content (AvgIpc) is 3.60. The maximum Gasteiger partial charge on any atom is 0.271 e. The first-order valence-corrected chi connectivity index (χ1v) is 17.2. The number of aryl methyl sites for hydroxylation is 1. The second-order valence-electron chi connectivity index (χ2n) is 14.4. The van der Waals surface area contributed by atoms with Crippen LogP contribution in [0.2, 0.25) is 0 Å². The molecular formula is C38H49N5O4. The number of anilines is 1. The Hall–Kier alpha value is -3.85. The van der Waals surface area contributed by atoms with Gasteiger partial charge < -0.3 is 9.47 Å². The molecule has 0 N–H and O–H groups in total. The second-order valence-corrected chi connectivity index (χ2v) is 14.4. The molecule has 0 aliphatic heterocycles. The van der Waals surface area contributed by atoms with Gasteiger partial charge in [0.2, 0.25) is 5.91 Å². The molecule has 47 heavy (non-hydrogen) atoms. The van der Waals surface area contributed by atoms with E-state index in [4.69, 9.17) is 14.5 Å². The van der Waals surface area contributed by atoms with Gasteiger partial charge in [-0.2, -0.15) is 5.10 Å². The van der Waals surface area contributed by atoms with Gasteiger partial charge in [-0.3, -0.25) is 19.2 Å². The highest BCUT2D eigenvalue weighted by Gasteiger charge is 2.50. The predicted octanol–water partition coefficient (Wildman–Crippen LogP) is 7.27. The zero-order valence-corrected chi connectivity index (χ0v) is 28.6. The Kier molecular flexibility index (Phi) is 9.65. The summed E-state index contributed by atoms with van der Waals surface area (Å²) in [6.07, 6.45) is 15.1. The lowest BCUT2D eigenvalue weighted by Gasteiger charge is -2.55. The first-order valence-electron chi connectivity index (χ1n) is 17.2. The fourth-order valence-corrected chi connectivity index (χ4v) is 8.13. The molecule has 2 bridgehead atoms. The van der Waals surface area contributed by atoms with Crippen LogP contribution in [-0.2, 0) is 19.7 Å². The van der Waals surface area contributed by atoms with Crippen LogP contribution in [0.1, 0.15) is 95.2 Å². The zero-order chi connectivity index (χ0) is 33.2. The molecule has 0 radical (unpaired) electrons. The third kappa shape index (κ3) is 6.91. The summed E-state index contributed by atoms with van der Waals surface area (Å²) in [4.78, 5) is 37.7. The van der Waals surface area contributed by atoms with Crippen LogP contribution >= 0.6 is 0 Å². The Morgan fingerprint density at radius 1 is 1.02 bits per heavy atom. The molecule has 250 valence electrons. The first-order chi connectivity index (χ1) is 22.6. The van der Waals surface area contributed by atoms with Crippen molar-refractivity contribution in [3.8, 4) is 16.9 Å². The third-order valence-corrected chi connectivity index (χ3v) is 11.1. The van der Waals surface area contributed by atoms with Crippen LogP contribution in [0.25, 0.3) is 11.1 Å². The molecule has 9 heteroatoms. The summed E-state index contributed by atoms with van der Waals surface area (Å²) in [5.41, 5.74) is 5.77. The van der Waals surface area contributed by atoms with Crippen molar-refractivity contribution in [3.63, 3.8) is 0 Å². The van der Waals surface area contributed by atoms with Crippen molar-refractivity contribution >= 4 is 23.3 Å². The maximum atomic E-state index is 14.5. The number of pyridine rings is 1. The minimum Gasteiger partial charge on any atom is -0.496 e. The van der Waals surface area contributed by atoms with Gasteiger partial charge >= 0.3 is 0 Å². The number of ether oxygens (including phenoxy) is 2. The second kappa shape index (κ2) is 13.7. The maximum absolute atomic E-state index is 14.5. The molecule has 0 saturated heterocycles. The molecule has 2 heterocycles. The van der Waals surface area contributed by atoms with Crippen LogP contribution in [0.3, 0.4) is 0 Å². The number of aromatic nitrogens is 3. The van der Waals surface area contributed by atoms with E-state index in [2.05, 4.69) is 61.3 Å². The van der Waals surface area contributed by atoms with Crippen molar-refractivity contribution in [1.82, 2.24) is 14.8 Å². The Morgan fingerprint density at radius 2 is 1.74 bits per heavy atom. The summed E-state index contributed by atoms with van der Waals surface area (Å²) >= 11 is 0. The normalized spacial score (nSPS) is 24.0. The summed E-state index contributed by atoms with van der Waals surface area (Å²) in [5.74, 6) is 1.39. The van der Waals surface area contributed by atoms with E-state index < -0.39 is 0 Å². The SMILES string of the molecule is COCC(=O)N=C1CCC(C(=O)N(CC23CCC(c4ccc(OC)c(C)c4)(CC2)CC3)c2cc(-c3cnn(C(C)C)c3)ccn2)CC1. The van der Waals surface area contributed by atoms with Crippen LogP contribution in [0.15, 0.2) is 53.9 Å². The van der Waals surface area contributed by atoms with Gasteiger partial charge in [-0.05, 0) is 131 Å². The molecule has 1 aromatic carbocycles. The molecule has 2 aromatic heterocycles. The molecule has 4 saturated carbocycles. The molecule has 2 amide bonds. The monoisotopic (exact) mass is 639 g/mol. The summed E-state index contributed by atoms with van der Waals surface area (Å²) < 4.78 is 12.4. The molecule has 9 nitrogen and oxygen atoms in total. The highest BCUT2D eigenvalue weighted by molar-refractivity contribution is 5.99. The van der Waals surface area contributed by atoms with Gasteiger partial charge in [0.05, 0.1) is 13.3 Å². The van der Waals surface area contributed by atoms with Gasteiger partial charge in [0.25, 0.3) is 5.91 Å². The molecule has 4 fully saturated rings. The Bertz CT molecular complexity index is 1610. The fourth-order valence-electron chi connectivity index (χ4n) is 8.13. The van der Waals surface area contributed by atoms with Gasteiger partial charge in [0.15, 0.2) is 0 Å². The van der Waals surface area contributed by atoms with E-state index in [1.165, 1.54) is 18.2 Å². The van der Waals surface area contributed by atoms with Crippen LogP contribution in [0, 0.1) is 18.3 Å². The van der Waals surface area contributed by atoms with Crippen LogP contribution in [0.4, 0.5) is 5.82 Å². The standard InChI is InChI=1S/C38H49N5O4/c1-26(2)43-23-30(22-40-43)29-12-19-39-34(21-29)42(36(45)28-6-9-32(10-7-28)41-35(44)24-46-4)25-37-13-16-38(17-14-37,18-15-37)31-8-11-33(47-5)27(3)20-31/h8,11-12,19-23,26,28H,6-7,9-10,13-18,24-25H2,1-5H3. The number of benzene rings is 1. The summed E-state index contributed by atoms with van der Waals surface area (Å²) in [6.45, 7) is 7.02. The van der Waals surface area contributed by atoms with Crippen molar-refractivity contribution in [2.45, 2.75) is 96.4 Å². The van der Waals surface area contributed by atoms with E-state index in [0.717, 1.165) is 61.1 Å². The molecule has 0 spiro atoms. The molecule has 4 aliphatic carbocycles. The highest BCUT2D eigenvalue weighted by atomic mass is 16.5. The number of hydrogen-bond donors (Lipinski definition) is 0. The predicted molar refractivity (Wildman–Crippen MR) is 184 cm³/mol. The van der Waals surface area contributed by atoms with E-state index in [1.807, 2.05) is 28.0 Å². The number of carbonyl (C=O) groups excluding carboxylic acids is 2. The van der Waals surface area contributed by atoms with Crippen LogP contribution in [0.5, 0.6) is 5.75 Å². The van der Waals surface area contributed by atoms with E-state index >= 15 is 0 Å². The number of methoxy groups -OCH3 is 2. The summed E-state index contributed by atoms with van der Waals surface area (Å²) in [7, 11) is 3.23. The lowest BCUT2D eigenvalue weighted by Crippen LogP contribution is -2.52. The van der Waals surface area contributed by atoms with Crippen molar-refractivity contribution < 1.29 is 19.1 Å². The Morgan fingerprint density at radius 3 is 2.36 bits per heavy atom. The Labute approximate surface area is 278 Å². The lowest BCUT2D eigenvalue weighted by molar-refractivity contribution is -0.123. The smallest absolute Gasteiger partial charge is 0.271 e. The van der Waals surface area contributed by atoms with Gasteiger partial charge in [-0.1, -0.05) is 12.1 Å². The van der Waals surface area contributed by atoms with E-state index in [0.29, 0.717) is 38.0 Å². The van der Waals surface area contributed by atoms with E-state index in [-0.39, 0.29) is 41.2 Å². The largest absolute Gasteiger partial charge is 0.496 e. The molecule has 4 aliphatic rings. The number of carbonyl (C=O) groups is 2. The number of hydrogen-bond acceptors (Lipinski definition) is 6. The fraction of sp³-hybridized carbons (Fsp3) is 0.553. The van der Waals surface area contributed by atoms with Crippen molar-refractivity contribution in [2.24, 2.45) is 16.3 Å². The summed E-state index contributed by atoms with van der Waals surface area (Å²) in [5, 5.41) is 4.55. The third-order valence-electron chi connectivity index (χ3n) is 11.1. The van der Waals surface area contributed by atoms with Crippen molar-refractivity contribution in [2.75, 3.05) is 32.3 Å². The molecular weight excluding hydrogens is 590 g/mol. The number of fused-ring (bicyclic) bond motifs is 3. The van der Waals surface area contributed by atoms with Crippen LogP contribution < -0.4 is 9.64 Å². The quantitative estimate of drug-likeness (QED) is 0.231. The Balaban J connectivity index is 1.25. The van der Waals surface area contributed by atoms with Crippen molar-refractivity contribution in [3.05, 3.63) is 60.0 Å². The number of nitrogens with zero attached hydrogens (tertiary/aromatic N) is 5. The van der Waals surface area contributed by atoms with Gasteiger partial charge in [0.1, 0.15) is 18.2 Å². The average molecular weight is 640 g/mol. The van der Waals surface area contributed by atoms with Gasteiger partial charge in [-0.15, -0.1) is 0 Å². The number of aliphatic imine (C=N–C) groups is 1. The van der Waals surface area contributed by atoms with Crippen molar-refractivity contribution in [1.29, 1.82) is 0 Å². The molecule has 7 rings (SSSR count). The lowest BCUT2D eigenvalue weighted by atomic mass is 9.51. The van der Waals surface area contributed by atoms with E-state index in [1.54, 1.807) is 7.11 Å². The highest BCUT2D eigenvalue weighted by Crippen LogP contribution is 2.58. The number of amides is 2. The minimum atomic E-state index is -0.259. The summed E-state index contributed by atoms with van der Waals surface area (Å²) in [6, 6.07) is 11.0. The molecule has 0 unspecified atom stereocenters. The zero-order valence-electron chi connectivity index (χ0n) is 28.6. The molecule has 0 atom stereocenters. The molecule has 3 aromatic rings. The van der Waals surface area contributed by atoms with Gasteiger partial charge in [-0.25, -0.2) is 9.98 Å². The minimum absolute atomic E-state index is 0.0147. The van der Waals surface area contributed by atoms with Gasteiger partial charge in [0, 0.05) is 49.3 Å². The van der Waals surface area contributed by atoms with Crippen LogP contribution in [-0.4, -0.2) is 59.7 Å². The topological polar surface area (TPSA) is 98.9 Å². The first kappa shape index (κ1) is 33.1. The number of rotatable bonds is 10.